The lowest BCUT2D eigenvalue weighted by molar-refractivity contribution is 0.304. The number of hydrogen-bond acceptors (Lipinski definition) is 1. The third-order valence-corrected chi connectivity index (χ3v) is 4.83. The van der Waals surface area contributed by atoms with Gasteiger partial charge in [0.1, 0.15) is 5.02 Å². The Morgan fingerprint density at radius 2 is 1.23 bits per heavy atom. The van der Waals surface area contributed by atoms with Crippen LogP contribution in [0.1, 0.15) is 71.1 Å². The molecule has 0 saturated carbocycles. The first kappa shape index (κ1) is 19.9. The smallest absolute Gasteiger partial charge is 0.157 e. The van der Waals surface area contributed by atoms with Crippen LogP contribution < -0.4 is 4.74 Å². The van der Waals surface area contributed by atoms with E-state index in [0.29, 0.717) is 27.4 Å². The Bertz CT molecular complexity index is 421. The third kappa shape index (κ3) is 7.94. The van der Waals surface area contributed by atoms with Crippen LogP contribution in [0.4, 0.5) is 0 Å². The summed E-state index contributed by atoms with van der Waals surface area (Å²) in [5.41, 5.74) is 0. The van der Waals surface area contributed by atoms with Gasteiger partial charge in [0.25, 0.3) is 0 Å². The maximum absolute atomic E-state index is 6.09. The molecular formula is C18H27Cl3O. The van der Waals surface area contributed by atoms with E-state index < -0.39 is 0 Å². The number of halogens is 3. The topological polar surface area (TPSA) is 9.23 Å². The minimum Gasteiger partial charge on any atom is -0.490 e. The van der Waals surface area contributed by atoms with Crippen LogP contribution >= 0.6 is 34.8 Å². The maximum atomic E-state index is 6.09. The fraction of sp³-hybridized carbons (Fsp3) is 0.667. The molecule has 22 heavy (non-hydrogen) atoms. The molecule has 0 fully saturated rings. The summed E-state index contributed by atoms with van der Waals surface area (Å²) in [5.74, 6) is 0.506. The van der Waals surface area contributed by atoms with Crippen molar-refractivity contribution in [2.75, 3.05) is 6.61 Å². The molecule has 1 rings (SSSR count). The van der Waals surface area contributed by atoms with Gasteiger partial charge in [-0.2, -0.15) is 0 Å². The summed E-state index contributed by atoms with van der Waals surface area (Å²) in [6.07, 6.45) is 13.0. The van der Waals surface area contributed by atoms with Gasteiger partial charge in [-0.15, -0.1) is 0 Å². The van der Waals surface area contributed by atoms with Gasteiger partial charge in [0.15, 0.2) is 5.75 Å². The summed E-state index contributed by atoms with van der Waals surface area (Å²) < 4.78 is 5.67. The van der Waals surface area contributed by atoms with E-state index in [-0.39, 0.29) is 0 Å². The van der Waals surface area contributed by atoms with Crippen LogP contribution in [-0.4, -0.2) is 6.61 Å². The van der Waals surface area contributed by atoms with E-state index in [9.17, 15) is 0 Å². The van der Waals surface area contributed by atoms with Crippen molar-refractivity contribution in [3.8, 4) is 5.75 Å². The highest BCUT2D eigenvalue weighted by atomic mass is 35.5. The second-order valence-electron chi connectivity index (χ2n) is 5.70. The normalized spacial score (nSPS) is 10.9. The van der Waals surface area contributed by atoms with Crippen molar-refractivity contribution >= 4 is 34.8 Å². The van der Waals surface area contributed by atoms with Crippen LogP contribution in [0.5, 0.6) is 5.75 Å². The van der Waals surface area contributed by atoms with E-state index in [2.05, 4.69) is 6.92 Å². The lowest BCUT2D eigenvalue weighted by Crippen LogP contribution is -1.98. The first-order chi connectivity index (χ1) is 10.7. The third-order valence-electron chi connectivity index (χ3n) is 3.75. The van der Waals surface area contributed by atoms with Gasteiger partial charge in [0.2, 0.25) is 0 Å². The molecule has 0 atom stereocenters. The Balaban J connectivity index is 2.03. The van der Waals surface area contributed by atoms with Crippen molar-refractivity contribution in [3.63, 3.8) is 0 Å². The van der Waals surface area contributed by atoms with Gasteiger partial charge in [-0.1, -0.05) is 99.5 Å². The molecule has 0 saturated heterocycles. The van der Waals surface area contributed by atoms with Crippen molar-refractivity contribution in [1.29, 1.82) is 0 Å². The van der Waals surface area contributed by atoms with Gasteiger partial charge < -0.3 is 4.74 Å². The molecule has 1 aromatic rings. The van der Waals surface area contributed by atoms with Crippen molar-refractivity contribution in [1.82, 2.24) is 0 Å². The number of benzene rings is 1. The zero-order valence-electron chi connectivity index (χ0n) is 13.5. The molecule has 0 bridgehead atoms. The van der Waals surface area contributed by atoms with Crippen LogP contribution in [0.2, 0.25) is 15.1 Å². The summed E-state index contributed by atoms with van der Waals surface area (Å²) in [6, 6.07) is 3.39. The molecule has 0 heterocycles. The number of rotatable bonds is 12. The first-order valence-corrected chi connectivity index (χ1v) is 9.56. The molecule has 0 spiro atoms. The van der Waals surface area contributed by atoms with Crippen LogP contribution in [0.3, 0.4) is 0 Å². The Hall–Kier alpha value is -0.110. The molecule has 1 nitrogen and oxygen atoms in total. The Morgan fingerprint density at radius 3 is 1.82 bits per heavy atom. The highest BCUT2D eigenvalue weighted by molar-refractivity contribution is 6.44. The van der Waals surface area contributed by atoms with Crippen LogP contribution in [0, 0.1) is 0 Å². The van der Waals surface area contributed by atoms with E-state index in [0.717, 1.165) is 6.42 Å². The van der Waals surface area contributed by atoms with Gasteiger partial charge in [0.05, 0.1) is 16.7 Å². The average Bonchev–Trinajstić information content (AvgIpc) is 2.51. The summed E-state index contributed by atoms with van der Waals surface area (Å²) in [6.45, 7) is 2.89. The number of ether oxygens (including phenoxy) is 1. The van der Waals surface area contributed by atoms with Gasteiger partial charge in [-0.05, 0) is 18.6 Å². The molecule has 0 aromatic heterocycles. The molecule has 126 valence electrons. The quantitative estimate of drug-likeness (QED) is 0.270. The SMILES string of the molecule is CCCCCCCCCCCCOc1c(Cl)ccc(Cl)c1Cl. The van der Waals surface area contributed by atoms with Crippen molar-refractivity contribution < 1.29 is 4.74 Å². The molecule has 0 unspecified atom stereocenters. The van der Waals surface area contributed by atoms with Crippen molar-refractivity contribution in [3.05, 3.63) is 27.2 Å². The Kier molecular flexibility index (Phi) is 11.2. The second-order valence-corrected chi connectivity index (χ2v) is 6.90. The maximum Gasteiger partial charge on any atom is 0.157 e. The molecule has 0 aliphatic heterocycles. The average molecular weight is 366 g/mol. The van der Waals surface area contributed by atoms with E-state index in [4.69, 9.17) is 39.5 Å². The predicted octanol–water partition coefficient (Wildman–Crippen LogP) is 7.95. The van der Waals surface area contributed by atoms with Crippen LogP contribution in [0.15, 0.2) is 12.1 Å². The first-order valence-electron chi connectivity index (χ1n) is 8.43. The zero-order valence-corrected chi connectivity index (χ0v) is 15.7. The van der Waals surface area contributed by atoms with E-state index in [1.807, 2.05) is 0 Å². The molecule has 0 N–H and O–H groups in total. The van der Waals surface area contributed by atoms with Gasteiger partial charge in [-0.3, -0.25) is 0 Å². The van der Waals surface area contributed by atoms with E-state index >= 15 is 0 Å². The highest BCUT2D eigenvalue weighted by Crippen LogP contribution is 2.38. The van der Waals surface area contributed by atoms with Gasteiger partial charge >= 0.3 is 0 Å². The molecule has 0 aliphatic rings. The van der Waals surface area contributed by atoms with Crippen molar-refractivity contribution in [2.24, 2.45) is 0 Å². The molecule has 0 radical (unpaired) electrons. The largest absolute Gasteiger partial charge is 0.490 e. The fourth-order valence-corrected chi connectivity index (χ4v) is 3.03. The standard InChI is InChI=1S/C18H27Cl3O/c1-2-3-4-5-6-7-8-9-10-11-14-22-18-16(20)13-12-15(19)17(18)21/h12-13H,2-11,14H2,1H3. The van der Waals surface area contributed by atoms with Crippen LogP contribution in [-0.2, 0) is 0 Å². The molecule has 0 amide bonds. The zero-order chi connectivity index (χ0) is 16.2. The fourth-order valence-electron chi connectivity index (χ4n) is 2.40. The lowest BCUT2D eigenvalue weighted by Gasteiger charge is -2.10. The Morgan fingerprint density at radius 1 is 0.727 bits per heavy atom. The lowest BCUT2D eigenvalue weighted by atomic mass is 10.1. The van der Waals surface area contributed by atoms with Crippen LogP contribution in [0.25, 0.3) is 0 Å². The molecule has 1 aromatic carbocycles. The summed E-state index contributed by atoms with van der Waals surface area (Å²) in [7, 11) is 0. The van der Waals surface area contributed by atoms with E-state index in [1.165, 1.54) is 57.8 Å². The van der Waals surface area contributed by atoms with Gasteiger partial charge in [-0.25, -0.2) is 0 Å². The molecule has 4 heteroatoms. The minimum absolute atomic E-state index is 0.404. The second kappa shape index (κ2) is 12.3. The molecular weight excluding hydrogens is 339 g/mol. The van der Waals surface area contributed by atoms with Gasteiger partial charge in [0, 0.05) is 0 Å². The minimum atomic E-state index is 0.404. The summed E-state index contributed by atoms with van der Waals surface area (Å²) in [4.78, 5) is 0. The highest BCUT2D eigenvalue weighted by Gasteiger charge is 2.10. The number of hydrogen-bond donors (Lipinski definition) is 0. The van der Waals surface area contributed by atoms with E-state index in [1.54, 1.807) is 12.1 Å². The number of unbranched alkanes of at least 4 members (excludes halogenated alkanes) is 9. The van der Waals surface area contributed by atoms with Crippen molar-refractivity contribution in [2.45, 2.75) is 71.1 Å². The monoisotopic (exact) mass is 364 g/mol. The molecule has 0 aliphatic carbocycles. The Labute approximate surface area is 150 Å². The summed E-state index contributed by atoms with van der Waals surface area (Å²) >= 11 is 18.1. The summed E-state index contributed by atoms with van der Waals surface area (Å²) in [5, 5.41) is 1.40. The predicted molar refractivity (Wildman–Crippen MR) is 98.8 cm³/mol.